The van der Waals surface area contributed by atoms with Crippen molar-refractivity contribution < 1.29 is 4.74 Å². The minimum Gasteiger partial charge on any atom is -0.380 e. The fourth-order valence-corrected chi connectivity index (χ4v) is 3.34. The van der Waals surface area contributed by atoms with Gasteiger partial charge in [-0.15, -0.1) is 0 Å². The Labute approximate surface area is 144 Å². The summed E-state index contributed by atoms with van der Waals surface area (Å²) in [6.07, 6.45) is 1.44. The topological polar surface area (TPSA) is 28.3 Å². The number of nitrogens with zero attached hydrogens (tertiary/aromatic N) is 1. The molecule has 3 aromatic rings. The van der Waals surface area contributed by atoms with E-state index in [0.717, 1.165) is 19.5 Å². The molecular weight excluding hydrogens is 296 g/mol. The normalized spacial score (nSPS) is 17.0. The third-order valence-electron chi connectivity index (χ3n) is 4.54. The van der Waals surface area contributed by atoms with Crippen molar-refractivity contribution in [1.29, 1.82) is 0 Å². The molecule has 1 unspecified atom stereocenters. The van der Waals surface area contributed by atoms with Crippen LogP contribution >= 0.6 is 0 Å². The molecular formula is C21H26N2O. The van der Waals surface area contributed by atoms with Gasteiger partial charge in [0.15, 0.2) is 0 Å². The third kappa shape index (κ3) is 3.17. The number of aromatic nitrogens is 1. The van der Waals surface area contributed by atoms with Gasteiger partial charge in [0.2, 0.25) is 0 Å². The average molecular weight is 322 g/mol. The first-order valence-corrected chi connectivity index (χ1v) is 8.80. The van der Waals surface area contributed by atoms with E-state index >= 15 is 0 Å². The second kappa shape index (κ2) is 7.54. The van der Waals surface area contributed by atoms with E-state index in [1.54, 1.807) is 7.11 Å². The van der Waals surface area contributed by atoms with Crippen LogP contribution in [0.2, 0.25) is 0 Å². The molecule has 0 bridgehead atoms. The summed E-state index contributed by atoms with van der Waals surface area (Å²) in [6, 6.07) is 19.3. The van der Waals surface area contributed by atoms with Gasteiger partial charge in [-0.25, -0.2) is 0 Å². The van der Waals surface area contributed by atoms with Crippen LogP contribution in [0.15, 0.2) is 54.6 Å². The second-order valence-corrected chi connectivity index (χ2v) is 5.88. The zero-order chi connectivity index (χ0) is 16.9. The Morgan fingerprint density at radius 2 is 1.79 bits per heavy atom. The second-order valence-electron chi connectivity index (χ2n) is 5.88. The molecule has 1 N–H and O–H groups in total. The largest absolute Gasteiger partial charge is 0.380 e. The van der Waals surface area contributed by atoms with Gasteiger partial charge in [0.1, 0.15) is 0 Å². The van der Waals surface area contributed by atoms with Crippen LogP contribution in [0.4, 0.5) is 5.69 Å². The Bertz CT molecular complexity index is 760. The number of nitrogens with one attached hydrogen (secondary N) is 1. The number of rotatable bonds is 3. The molecule has 24 heavy (non-hydrogen) atoms. The molecule has 0 saturated carbocycles. The number of para-hydroxylation sites is 2. The van der Waals surface area contributed by atoms with Crippen molar-refractivity contribution in [2.24, 2.45) is 0 Å². The molecule has 1 aromatic heterocycles. The van der Waals surface area contributed by atoms with Crippen molar-refractivity contribution >= 4 is 16.6 Å². The lowest BCUT2D eigenvalue weighted by Gasteiger charge is -2.21. The molecule has 0 amide bonds. The van der Waals surface area contributed by atoms with Crippen molar-refractivity contribution in [1.82, 2.24) is 4.98 Å². The van der Waals surface area contributed by atoms with Gasteiger partial charge in [-0.05, 0) is 24.6 Å². The average Bonchev–Trinajstić information content (AvgIpc) is 3.30. The summed E-state index contributed by atoms with van der Waals surface area (Å²) in [7, 11) is 1.80. The predicted octanol–water partition coefficient (Wildman–Crippen LogP) is 5.09. The highest BCUT2D eigenvalue weighted by Gasteiger charge is 2.24. The van der Waals surface area contributed by atoms with E-state index in [-0.39, 0.29) is 0 Å². The van der Waals surface area contributed by atoms with Gasteiger partial charge in [-0.3, -0.25) is 0 Å². The SMILES string of the molecule is CC.COC1CCN(c2ccccc2-c2cc3ccccc3[nH]2)C1. The van der Waals surface area contributed by atoms with Crippen LogP contribution in [0.25, 0.3) is 22.2 Å². The summed E-state index contributed by atoms with van der Waals surface area (Å²) in [5.74, 6) is 0. The Morgan fingerprint density at radius 1 is 1.04 bits per heavy atom. The lowest BCUT2D eigenvalue weighted by atomic mass is 10.1. The molecule has 0 aliphatic carbocycles. The quantitative estimate of drug-likeness (QED) is 0.728. The molecule has 126 valence electrons. The first kappa shape index (κ1) is 16.6. The van der Waals surface area contributed by atoms with E-state index in [4.69, 9.17) is 4.74 Å². The van der Waals surface area contributed by atoms with Crippen molar-refractivity contribution in [2.45, 2.75) is 26.4 Å². The van der Waals surface area contributed by atoms with E-state index < -0.39 is 0 Å². The minimum atomic E-state index is 0.343. The Hall–Kier alpha value is -2.26. The van der Waals surface area contributed by atoms with E-state index in [1.807, 2.05) is 13.8 Å². The molecule has 3 nitrogen and oxygen atoms in total. The highest BCUT2D eigenvalue weighted by molar-refractivity contribution is 5.89. The van der Waals surface area contributed by atoms with Crippen molar-refractivity contribution in [3.63, 3.8) is 0 Å². The molecule has 1 aliphatic rings. The van der Waals surface area contributed by atoms with E-state index in [9.17, 15) is 0 Å². The summed E-state index contributed by atoms with van der Waals surface area (Å²) >= 11 is 0. The number of H-pyrrole nitrogens is 1. The van der Waals surface area contributed by atoms with Crippen LogP contribution < -0.4 is 4.90 Å². The van der Waals surface area contributed by atoms with Crippen LogP contribution in [0.5, 0.6) is 0 Å². The lowest BCUT2D eigenvalue weighted by Crippen LogP contribution is -2.22. The van der Waals surface area contributed by atoms with E-state index in [0.29, 0.717) is 6.10 Å². The molecule has 0 spiro atoms. The molecule has 1 aliphatic heterocycles. The zero-order valence-corrected chi connectivity index (χ0v) is 14.8. The highest BCUT2D eigenvalue weighted by atomic mass is 16.5. The van der Waals surface area contributed by atoms with Gasteiger partial charge >= 0.3 is 0 Å². The molecule has 4 rings (SSSR count). The van der Waals surface area contributed by atoms with Gasteiger partial charge in [-0.1, -0.05) is 50.2 Å². The molecule has 1 saturated heterocycles. The highest BCUT2D eigenvalue weighted by Crippen LogP contribution is 2.34. The van der Waals surface area contributed by atoms with Gasteiger partial charge < -0.3 is 14.6 Å². The zero-order valence-electron chi connectivity index (χ0n) is 14.8. The predicted molar refractivity (Wildman–Crippen MR) is 103 cm³/mol. The molecule has 3 heteroatoms. The summed E-state index contributed by atoms with van der Waals surface area (Å²) in [6.45, 7) is 6.02. The van der Waals surface area contributed by atoms with Crippen LogP contribution in [0.3, 0.4) is 0 Å². The number of ether oxygens (including phenoxy) is 1. The van der Waals surface area contributed by atoms with Crippen LogP contribution in [0, 0.1) is 0 Å². The van der Waals surface area contributed by atoms with Gasteiger partial charge in [-0.2, -0.15) is 0 Å². The van der Waals surface area contributed by atoms with Crippen LogP contribution in [0.1, 0.15) is 20.3 Å². The smallest absolute Gasteiger partial charge is 0.0762 e. The van der Waals surface area contributed by atoms with Crippen LogP contribution in [-0.4, -0.2) is 31.3 Å². The maximum Gasteiger partial charge on any atom is 0.0762 e. The number of benzene rings is 2. The minimum absolute atomic E-state index is 0.343. The number of hydrogen-bond donors (Lipinski definition) is 1. The maximum atomic E-state index is 5.51. The summed E-state index contributed by atoms with van der Waals surface area (Å²) in [5.41, 5.74) is 4.91. The molecule has 0 radical (unpaired) electrons. The van der Waals surface area contributed by atoms with Gasteiger partial charge in [0, 0.05) is 48.0 Å². The van der Waals surface area contributed by atoms with Crippen LogP contribution in [-0.2, 0) is 4.74 Å². The standard InChI is InChI=1S/C19H20N2O.C2H6/c1-22-15-10-11-21(13-15)19-9-5-3-7-16(19)18-12-14-6-2-4-8-17(14)20-18;1-2/h2-9,12,15,20H,10-11,13H2,1H3;1-2H3. The molecule has 1 fully saturated rings. The Morgan fingerprint density at radius 3 is 2.54 bits per heavy atom. The third-order valence-corrected chi connectivity index (χ3v) is 4.54. The summed E-state index contributed by atoms with van der Waals surface area (Å²) in [5, 5.41) is 1.25. The monoisotopic (exact) mass is 322 g/mol. The van der Waals surface area contributed by atoms with E-state index in [2.05, 4.69) is 64.5 Å². The lowest BCUT2D eigenvalue weighted by molar-refractivity contribution is 0.121. The number of methoxy groups -OCH3 is 1. The number of hydrogen-bond acceptors (Lipinski definition) is 2. The van der Waals surface area contributed by atoms with E-state index in [1.165, 1.54) is 27.8 Å². The van der Waals surface area contributed by atoms with Crippen molar-refractivity contribution in [2.75, 3.05) is 25.1 Å². The Kier molecular flexibility index (Phi) is 5.21. The first-order valence-electron chi connectivity index (χ1n) is 8.80. The molecule has 2 heterocycles. The first-order chi connectivity index (χ1) is 11.8. The van der Waals surface area contributed by atoms with Crippen molar-refractivity contribution in [3.05, 3.63) is 54.6 Å². The number of anilines is 1. The van der Waals surface area contributed by atoms with Gasteiger partial charge in [0.05, 0.1) is 6.10 Å². The van der Waals surface area contributed by atoms with Gasteiger partial charge in [0.25, 0.3) is 0 Å². The molecule has 1 atom stereocenters. The fourth-order valence-electron chi connectivity index (χ4n) is 3.34. The maximum absolute atomic E-state index is 5.51. The summed E-state index contributed by atoms with van der Waals surface area (Å²) < 4.78 is 5.51. The Balaban J connectivity index is 0.000000815. The number of fused-ring (bicyclic) bond motifs is 1. The number of aromatic amines is 1. The summed E-state index contributed by atoms with van der Waals surface area (Å²) in [4.78, 5) is 5.97. The van der Waals surface area contributed by atoms with Crippen molar-refractivity contribution in [3.8, 4) is 11.3 Å². The molecule has 2 aromatic carbocycles. The fraction of sp³-hybridized carbons (Fsp3) is 0.333.